The van der Waals surface area contributed by atoms with E-state index in [2.05, 4.69) is 10.6 Å². The van der Waals surface area contributed by atoms with Crippen molar-refractivity contribution in [2.75, 3.05) is 39.9 Å². The number of amides is 1. The largest absolute Gasteiger partial charge is 0.375 e. The van der Waals surface area contributed by atoms with E-state index in [4.69, 9.17) is 4.74 Å². The van der Waals surface area contributed by atoms with Gasteiger partial charge in [-0.2, -0.15) is 0 Å². The highest BCUT2D eigenvalue weighted by Crippen LogP contribution is 2.14. The van der Waals surface area contributed by atoms with Gasteiger partial charge < -0.3 is 20.3 Å². The van der Waals surface area contributed by atoms with E-state index in [9.17, 15) is 4.79 Å². The molecule has 110 valence electrons. The maximum Gasteiger partial charge on any atom is 0.248 e. The third-order valence-corrected chi connectivity index (χ3v) is 4.16. The normalized spacial score (nSPS) is 26.2. The van der Waals surface area contributed by atoms with Gasteiger partial charge in [-0.3, -0.25) is 4.79 Å². The van der Waals surface area contributed by atoms with E-state index >= 15 is 0 Å². The van der Waals surface area contributed by atoms with E-state index < -0.39 is 0 Å². The van der Waals surface area contributed by atoms with Crippen LogP contribution in [0.1, 0.15) is 32.1 Å². The molecule has 0 bridgehead atoms. The van der Waals surface area contributed by atoms with Crippen LogP contribution < -0.4 is 10.6 Å². The minimum Gasteiger partial charge on any atom is -0.375 e. The van der Waals surface area contributed by atoms with Crippen LogP contribution in [0, 0.1) is 0 Å². The third-order valence-electron chi connectivity index (χ3n) is 4.16. The molecule has 2 saturated heterocycles. The zero-order valence-corrected chi connectivity index (χ0v) is 12.0. The van der Waals surface area contributed by atoms with E-state index in [1.807, 2.05) is 4.90 Å². The molecule has 1 amide bonds. The summed E-state index contributed by atoms with van der Waals surface area (Å²) < 4.78 is 4.91. The summed E-state index contributed by atoms with van der Waals surface area (Å²) in [5, 5.41) is 7.22. The molecule has 19 heavy (non-hydrogen) atoms. The summed E-state index contributed by atoms with van der Waals surface area (Å²) in [4.78, 5) is 13.6. The van der Waals surface area contributed by atoms with Crippen molar-refractivity contribution in [1.29, 1.82) is 0 Å². The van der Waals surface area contributed by atoms with Crippen LogP contribution in [0.2, 0.25) is 0 Å². The number of methoxy groups -OCH3 is 1. The molecule has 0 spiro atoms. The van der Waals surface area contributed by atoms with Crippen LogP contribution >= 0.6 is 0 Å². The highest BCUT2D eigenvalue weighted by molar-refractivity contribution is 5.77. The lowest BCUT2D eigenvalue weighted by atomic mass is 10.0. The molecule has 2 fully saturated rings. The maximum atomic E-state index is 11.7. The van der Waals surface area contributed by atoms with Crippen molar-refractivity contribution in [3.8, 4) is 0 Å². The van der Waals surface area contributed by atoms with Gasteiger partial charge in [0.05, 0.1) is 0 Å². The SMILES string of the molecule is COCC(=O)N1CCC(NC2CCCNCC2)CC1. The highest BCUT2D eigenvalue weighted by Gasteiger charge is 2.24. The second kappa shape index (κ2) is 7.82. The first-order chi connectivity index (χ1) is 9.29. The Hall–Kier alpha value is -0.650. The van der Waals surface area contributed by atoms with Crippen molar-refractivity contribution in [1.82, 2.24) is 15.5 Å². The van der Waals surface area contributed by atoms with E-state index in [1.165, 1.54) is 19.3 Å². The van der Waals surface area contributed by atoms with Crippen LogP contribution in [-0.4, -0.2) is 62.8 Å². The number of carbonyl (C=O) groups is 1. The number of nitrogens with zero attached hydrogens (tertiary/aromatic N) is 1. The lowest BCUT2D eigenvalue weighted by molar-refractivity contribution is -0.136. The lowest BCUT2D eigenvalue weighted by Gasteiger charge is -2.34. The molecule has 0 radical (unpaired) electrons. The molecule has 5 nitrogen and oxygen atoms in total. The smallest absolute Gasteiger partial charge is 0.248 e. The molecule has 2 aliphatic rings. The Morgan fingerprint density at radius 2 is 1.95 bits per heavy atom. The summed E-state index contributed by atoms with van der Waals surface area (Å²) in [5.74, 6) is 0.125. The number of hydrogen-bond acceptors (Lipinski definition) is 4. The fourth-order valence-corrected chi connectivity index (χ4v) is 3.03. The minimum atomic E-state index is 0.125. The first-order valence-corrected chi connectivity index (χ1v) is 7.53. The first-order valence-electron chi connectivity index (χ1n) is 7.53. The number of hydrogen-bond donors (Lipinski definition) is 2. The molecule has 0 aliphatic carbocycles. The Kier molecular flexibility index (Phi) is 6.07. The van der Waals surface area contributed by atoms with Gasteiger partial charge >= 0.3 is 0 Å². The van der Waals surface area contributed by atoms with Crippen LogP contribution in [0.5, 0.6) is 0 Å². The molecule has 1 unspecified atom stereocenters. The molecule has 2 heterocycles. The van der Waals surface area contributed by atoms with Gasteiger partial charge in [-0.1, -0.05) is 0 Å². The van der Waals surface area contributed by atoms with Gasteiger partial charge in [0.1, 0.15) is 6.61 Å². The average molecular weight is 269 g/mol. The number of piperidine rings is 1. The van der Waals surface area contributed by atoms with Gasteiger partial charge in [0.25, 0.3) is 0 Å². The van der Waals surface area contributed by atoms with Crippen molar-refractivity contribution in [2.45, 2.75) is 44.2 Å². The van der Waals surface area contributed by atoms with Gasteiger partial charge in [-0.05, 0) is 45.2 Å². The summed E-state index contributed by atoms with van der Waals surface area (Å²) in [6.45, 7) is 4.23. The van der Waals surface area contributed by atoms with Gasteiger partial charge in [0.2, 0.25) is 5.91 Å². The van der Waals surface area contributed by atoms with Crippen LogP contribution in [-0.2, 0) is 9.53 Å². The lowest BCUT2D eigenvalue weighted by Crippen LogP contribution is -2.48. The fourth-order valence-electron chi connectivity index (χ4n) is 3.03. The van der Waals surface area contributed by atoms with E-state index in [0.717, 1.165) is 39.0 Å². The van der Waals surface area contributed by atoms with E-state index in [1.54, 1.807) is 7.11 Å². The average Bonchev–Trinajstić information content (AvgIpc) is 2.68. The summed E-state index contributed by atoms with van der Waals surface area (Å²) in [5.41, 5.74) is 0. The number of likely N-dealkylation sites (tertiary alicyclic amines) is 1. The van der Waals surface area contributed by atoms with Crippen molar-refractivity contribution >= 4 is 5.91 Å². The predicted molar refractivity (Wildman–Crippen MR) is 75.1 cm³/mol. The predicted octanol–water partition coefficient (Wildman–Crippen LogP) is 0.356. The molecule has 2 N–H and O–H groups in total. The van der Waals surface area contributed by atoms with Gasteiger partial charge in [0.15, 0.2) is 0 Å². The molecule has 5 heteroatoms. The Morgan fingerprint density at radius 1 is 1.21 bits per heavy atom. The zero-order valence-electron chi connectivity index (χ0n) is 12.0. The van der Waals surface area contributed by atoms with Crippen molar-refractivity contribution < 1.29 is 9.53 Å². The molecule has 2 rings (SSSR count). The van der Waals surface area contributed by atoms with Crippen molar-refractivity contribution in [3.63, 3.8) is 0 Å². The number of carbonyl (C=O) groups excluding carboxylic acids is 1. The molecule has 0 aromatic carbocycles. The number of ether oxygens (including phenoxy) is 1. The Balaban J connectivity index is 1.69. The van der Waals surface area contributed by atoms with Crippen LogP contribution in [0.15, 0.2) is 0 Å². The quantitative estimate of drug-likeness (QED) is 0.773. The number of nitrogens with one attached hydrogen (secondary N) is 2. The Labute approximate surface area is 116 Å². The molecular formula is C14H27N3O2. The molecule has 0 saturated carbocycles. The first kappa shape index (κ1) is 14.8. The second-order valence-electron chi connectivity index (χ2n) is 5.63. The standard InChI is InChI=1S/C14H27N3O2/c1-19-11-14(18)17-9-5-13(6-10-17)16-12-3-2-7-15-8-4-12/h12-13,15-16H,2-11H2,1H3. The van der Waals surface area contributed by atoms with Crippen molar-refractivity contribution in [2.24, 2.45) is 0 Å². The Bertz CT molecular complexity index is 270. The minimum absolute atomic E-state index is 0.125. The van der Waals surface area contributed by atoms with Crippen LogP contribution in [0.4, 0.5) is 0 Å². The van der Waals surface area contributed by atoms with Crippen molar-refractivity contribution in [3.05, 3.63) is 0 Å². The van der Waals surface area contributed by atoms with Gasteiger partial charge in [-0.15, -0.1) is 0 Å². The molecule has 2 aliphatic heterocycles. The van der Waals surface area contributed by atoms with E-state index in [-0.39, 0.29) is 12.5 Å². The zero-order chi connectivity index (χ0) is 13.5. The van der Waals surface area contributed by atoms with E-state index in [0.29, 0.717) is 12.1 Å². The molecule has 1 atom stereocenters. The highest BCUT2D eigenvalue weighted by atomic mass is 16.5. The summed E-state index contributed by atoms with van der Waals surface area (Å²) in [7, 11) is 1.58. The molecule has 0 aromatic heterocycles. The topological polar surface area (TPSA) is 53.6 Å². The monoisotopic (exact) mass is 269 g/mol. The molecule has 0 aromatic rings. The summed E-state index contributed by atoms with van der Waals surface area (Å²) >= 11 is 0. The number of rotatable bonds is 4. The second-order valence-corrected chi connectivity index (χ2v) is 5.63. The maximum absolute atomic E-state index is 11.7. The fraction of sp³-hybridized carbons (Fsp3) is 0.929. The van der Waals surface area contributed by atoms with Crippen LogP contribution in [0.3, 0.4) is 0 Å². The molecular weight excluding hydrogens is 242 g/mol. The Morgan fingerprint density at radius 3 is 2.68 bits per heavy atom. The van der Waals surface area contributed by atoms with Gasteiger partial charge in [-0.25, -0.2) is 0 Å². The third kappa shape index (κ3) is 4.75. The van der Waals surface area contributed by atoms with Gasteiger partial charge in [0, 0.05) is 32.3 Å². The summed E-state index contributed by atoms with van der Waals surface area (Å²) in [6, 6.07) is 1.23. The van der Waals surface area contributed by atoms with Crippen LogP contribution in [0.25, 0.3) is 0 Å². The summed E-state index contributed by atoms with van der Waals surface area (Å²) in [6.07, 6.45) is 5.90.